The number of rotatable bonds is 6. The van der Waals surface area contributed by atoms with E-state index in [2.05, 4.69) is 32.7 Å². The molecule has 0 bridgehead atoms. The van der Waals surface area contributed by atoms with Crippen molar-refractivity contribution < 1.29 is 14.3 Å². The third kappa shape index (κ3) is 4.85. The second-order valence-corrected chi connectivity index (χ2v) is 7.39. The first-order valence-electron chi connectivity index (χ1n) is 9.28. The summed E-state index contributed by atoms with van der Waals surface area (Å²) >= 11 is 0. The number of nitrogens with zero attached hydrogens (tertiary/aromatic N) is 1. The van der Waals surface area contributed by atoms with Gasteiger partial charge in [-0.2, -0.15) is 0 Å². The van der Waals surface area contributed by atoms with Crippen LogP contribution in [0.5, 0.6) is 5.75 Å². The van der Waals surface area contributed by atoms with Crippen LogP contribution in [0.25, 0.3) is 6.08 Å². The van der Waals surface area contributed by atoms with E-state index in [-0.39, 0.29) is 0 Å². The minimum atomic E-state index is -0.438. The van der Waals surface area contributed by atoms with Crippen molar-refractivity contribution >= 4 is 17.9 Å². The van der Waals surface area contributed by atoms with Crippen molar-refractivity contribution in [2.75, 3.05) is 6.61 Å². The largest absolute Gasteiger partial charge is 0.493 e. The van der Waals surface area contributed by atoms with Crippen LogP contribution in [0, 0.1) is 5.92 Å². The van der Waals surface area contributed by atoms with E-state index in [1.165, 1.54) is 5.56 Å². The first-order valence-corrected chi connectivity index (χ1v) is 9.28. The average Bonchev–Trinajstić information content (AvgIpc) is 3.01. The summed E-state index contributed by atoms with van der Waals surface area (Å²) in [5.41, 5.74) is 3.17. The second-order valence-electron chi connectivity index (χ2n) is 7.39. The van der Waals surface area contributed by atoms with Crippen molar-refractivity contribution in [2.45, 2.75) is 33.6 Å². The van der Waals surface area contributed by atoms with Crippen LogP contribution < -0.4 is 4.74 Å². The summed E-state index contributed by atoms with van der Waals surface area (Å²) in [5.74, 6) is 1.58. The number of aliphatic imine (C=N–C) groups is 1. The van der Waals surface area contributed by atoms with Gasteiger partial charge in [0.15, 0.2) is 5.70 Å². The number of benzene rings is 2. The van der Waals surface area contributed by atoms with Gasteiger partial charge >= 0.3 is 5.97 Å². The Morgan fingerprint density at radius 2 is 1.81 bits per heavy atom. The third-order valence-electron chi connectivity index (χ3n) is 4.19. The number of ether oxygens (including phenoxy) is 2. The molecule has 1 heterocycles. The zero-order valence-electron chi connectivity index (χ0n) is 16.2. The topological polar surface area (TPSA) is 47.9 Å². The maximum absolute atomic E-state index is 12.2. The van der Waals surface area contributed by atoms with Crippen molar-refractivity contribution in [3.63, 3.8) is 0 Å². The summed E-state index contributed by atoms with van der Waals surface area (Å²) in [6.07, 6.45) is 1.72. The molecule has 2 aromatic carbocycles. The average molecular weight is 363 g/mol. The molecule has 0 saturated heterocycles. The minimum absolute atomic E-state index is 0.291. The fraction of sp³-hybridized carbons (Fsp3) is 0.304. The first-order chi connectivity index (χ1) is 12.9. The van der Waals surface area contributed by atoms with Gasteiger partial charge in [0, 0.05) is 5.56 Å². The lowest BCUT2D eigenvalue weighted by Gasteiger charge is -2.08. The van der Waals surface area contributed by atoms with E-state index >= 15 is 0 Å². The van der Waals surface area contributed by atoms with Crippen LogP contribution in [0.15, 0.2) is 59.2 Å². The van der Waals surface area contributed by atoms with Gasteiger partial charge in [-0.1, -0.05) is 52.0 Å². The van der Waals surface area contributed by atoms with Gasteiger partial charge in [-0.25, -0.2) is 9.79 Å². The number of hydrogen-bond donors (Lipinski definition) is 0. The van der Waals surface area contributed by atoms with E-state index in [0.29, 0.717) is 30.0 Å². The minimum Gasteiger partial charge on any atom is -0.493 e. The van der Waals surface area contributed by atoms with Gasteiger partial charge in [-0.3, -0.25) is 0 Å². The highest BCUT2D eigenvalue weighted by Gasteiger charge is 2.24. The molecule has 3 rings (SSSR count). The highest BCUT2D eigenvalue weighted by atomic mass is 16.6. The fourth-order valence-corrected chi connectivity index (χ4v) is 2.66. The molecule has 0 N–H and O–H groups in total. The van der Waals surface area contributed by atoms with E-state index in [1.54, 1.807) is 6.08 Å². The molecule has 0 amide bonds. The van der Waals surface area contributed by atoms with Gasteiger partial charge in [0.25, 0.3) is 0 Å². The van der Waals surface area contributed by atoms with E-state index in [1.807, 2.05) is 48.5 Å². The Bertz CT molecular complexity index is 877. The summed E-state index contributed by atoms with van der Waals surface area (Å²) < 4.78 is 11.1. The van der Waals surface area contributed by atoms with Crippen LogP contribution in [0.1, 0.15) is 50.3 Å². The molecule has 1 aliphatic rings. The van der Waals surface area contributed by atoms with Crippen LogP contribution in [-0.4, -0.2) is 18.5 Å². The Hall–Kier alpha value is -2.88. The van der Waals surface area contributed by atoms with Crippen molar-refractivity contribution in [3.8, 4) is 5.75 Å². The van der Waals surface area contributed by atoms with Crippen LogP contribution in [0.3, 0.4) is 0 Å². The molecule has 0 radical (unpaired) electrons. The van der Waals surface area contributed by atoms with Gasteiger partial charge in [-0.05, 0) is 53.3 Å². The number of carbonyl (C=O) groups is 1. The van der Waals surface area contributed by atoms with Gasteiger partial charge in [0.2, 0.25) is 5.90 Å². The lowest BCUT2D eigenvalue weighted by molar-refractivity contribution is -0.129. The van der Waals surface area contributed by atoms with Crippen LogP contribution in [0.4, 0.5) is 0 Å². The Morgan fingerprint density at radius 3 is 2.48 bits per heavy atom. The molecule has 0 saturated carbocycles. The Labute approximate surface area is 160 Å². The van der Waals surface area contributed by atoms with Crippen molar-refractivity contribution in [1.29, 1.82) is 0 Å². The number of hydrogen-bond acceptors (Lipinski definition) is 4. The monoisotopic (exact) mass is 363 g/mol. The SMILES string of the molecule is CC(C)COc1cccc(/C=C2\N=C(c3ccc(C(C)C)cc3)OC2=O)c1. The number of cyclic esters (lactones) is 1. The Kier molecular flexibility index (Phi) is 5.75. The molecule has 0 spiro atoms. The molecule has 27 heavy (non-hydrogen) atoms. The smallest absolute Gasteiger partial charge is 0.363 e. The Balaban J connectivity index is 1.80. The van der Waals surface area contributed by atoms with Gasteiger partial charge in [0.05, 0.1) is 6.61 Å². The zero-order chi connectivity index (χ0) is 19.4. The van der Waals surface area contributed by atoms with E-state index in [4.69, 9.17) is 9.47 Å². The summed E-state index contributed by atoms with van der Waals surface area (Å²) in [4.78, 5) is 16.6. The predicted molar refractivity (Wildman–Crippen MR) is 108 cm³/mol. The molecule has 0 atom stereocenters. The quantitative estimate of drug-likeness (QED) is 0.524. The molecular weight excluding hydrogens is 338 g/mol. The first kappa shape index (κ1) is 18.9. The lowest BCUT2D eigenvalue weighted by atomic mass is 10.0. The summed E-state index contributed by atoms with van der Waals surface area (Å²) in [6.45, 7) is 9.13. The molecule has 1 aliphatic heterocycles. The standard InChI is InChI=1S/C23H25NO3/c1-15(2)14-26-20-7-5-6-17(12-20)13-21-23(25)27-22(24-21)19-10-8-18(9-11-19)16(3)4/h5-13,15-16H,14H2,1-4H3/b21-13-. The molecule has 140 valence electrons. The molecule has 2 aromatic rings. The molecular formula is C23H25NO3. The zero-order valence-corrected chi connectivity index (χ0v) is 16.2. The molecule has 0 unspecified atom stereocenters. The van der Waals surface area contributed by atoms with Gasteiger partial charge < -0.3 is 9.47 Å². The highest BCUT2D eigenvalue weighted by Crippen LogP contribution is 2.22. The van der Waals surface area contributed by atoms with E-state index in [9.17, 15) is 4.79 Å². The summed E-state index contributed by atoms with van der Waals surface area (Å²) in [5, 5.41) is 0. The normalized spacial score (nSPS) is 15.4. The fourth-order valence-electron chi connectivity index (χ4n) is 2.66. The number of carbonyl (C=O) groups excluding carboxylic acids is 1. The molecule has 4 heteroatoms. The van der Waals surface area contributed by atoms with Crippen molar-refractivity contribution in [3.05, 3.63) is 70.9 Å². The summed E-state index contributed by atoms with van der Waals surface area (Å²) in [7, 11) is 0. The van der Waals surface area contributed by atoms with Crippen LogP contribution in [-0.2, 0) is 9.53 Å². The van der Waals surface area contributed by atoms with E-state index in [0.717, 1.165) is 16.9 Å². The summed E-state index contributed by atoms with van der Waals surface area (Å²) in [6, 6.07) is 15.6. The molecule has 0 aromatic heterocycles. The highest BCUT2D eigenvalue weighted by molar-refractivity contribution is 6.12. The lowest BCUT2D eigenvalue weighted by Crippen LogP contribution is -2.05. The maximum atomic E-state index is 12.2. The maximum Gasteiger partial charge on any atom is 0.363 e. The van der Waals surface area contributed by atoms with Gasteiger partial charge in [0.1, 0.15) is 5.75 Å². The Morgan fingerprint density at radius 1 is 1.07 bits per heavy atom. The molecule has 0 fully saturated rings. The third-order valence-corrected chi connectivity index (χ3v) is 4.19. The van der Waals surface area contributed by atoms with Crippen LogP contribution in [0.2, 0.25) is 0 Å². The molecule has 4 nitrogen and oxygen atoms in total. The second kappa shape index (κ2) is 8.21. The van der Waals surface area contributed by atoms with Crippen LogP contribution >= 0.6 is 0 Å². The van der Waals surface area contributed by atoms with Crippen molar-refractivity contribution in [2.24, 2.45) is 10.9 Å². The number of esters is 1. The van der Waals surface area contributed by atoms with Gasteiger partial charge in [-0.15, -0.1) is 0 Å². The molecule has 0 aliphatic carbocycles. The van der Waals surface area contributed by atoms with E-state index < -0.39 is 5.97 Å². The van der Waals surface area contributed by atoms with Crippen molar-refractivity contribution in [1.82, 2.24) is 0 Å². The predicted octanol–water partition coefficient (Wildman–Crippen LogP) is 5.19.